The van der Waals surface area contributed by atoms with Gasteiger partial charge in [-0.3, -0.25) is 9.88 Å². The van der Waals surface area contributed by atoms with Crippen LogP contribution in [-0.2, 0) is 6.54 Å². The Hall–Kier alpha value is -1.87. The van der Waals surface area contributed by atoms with E-state index in [1.165, 1.54) is 37.1 Å². The molecule has 2 heterocycles. The van der Waals surface area contributed by atoms with Gasteiger partial charge in [0.25, 0.3) is 0 Å². The lowest BCUT2D eigenvalue weighted by molar-refractivity contribution is 0.204. The van der Waals surface area contributed by atoms with Crippen LogP contribution in [0.15, 0.2) is 48.8 Å². The third-order valence-corrected chi connectivity index (χ3v) is 4.33. The van der Waals surface area contributed by atoms with Crippen molar-refractivity contribution >= 4 is 0 Å². The molecular formula is C18H22N2O. The van der Waals surface area contributed by atoms with E-state index in [2.05, 4.69) is 46.3 Å². The van der Waals surface area contributed by atoms with Gasteiger partial charge in [-0.1, -0.05) is 12.1 Å². The van der Waals surface area contributed by atoms with Gasteiger partial charge in [-0.2, -0.15) is 0 Å². The number of likely N-dealkylation sites (tertiary alicyclic amines) is 1. The molecule has 0 saturated carbocycles. The Labute approximate surface area is 126 Å². The van der Waals surface area contributed by atoms with Crippen LogP contribution in [0.3, 0.4) is 0 Å². The highest BCUT2D eigenvalue weighted by atomic mass is 16.5. The maximum Gasteiger partial charge on any atom is 0.118 e. The van der Waals surface area contributed by atoms with Crippen LogP contribution >= 0.6 is 0 Å². The molecule has 0 spiro atoms. The number of pyridine rings is 1. The standard InChI is InChI=1S/C18H22N2O/c1-21-18-4-2-16(3-5-18)17-8-12-20(13-9-17)14-15-6-10-19-11-7-15/h2-7,10-11,17H,8-9,12-14H2,1H3. The minimum atomic E-state index is 0.685. The van der Waals surface area contributed by atoms with Crippen molar-refractivity contribution in [2.45, 2.75) is 25.3 Å². The second-order valence-electron chi connectivity index (χ2n) is 5.68. The zero-order chi connectivity index (χ0) is 14.5. The molecule has 2 aromatic rings. The van der Waals surface area contributed by atoms with Gasteiger partial charge in [0.1, 0.15) is 5.75 Å². The van der Waals surface area contributed by atoms with Gasteiger partial charge in [-0.25, -0.2) is 0 Å². The molecule has 110 valence electrons. The highest BCUT2D eigenvalue weighted by Crippen LogP contribution is 2.29. The molecule has 1 fully saturated rings. The summed E-state index contributed by atoms with van der Waals surface area (Å²) in [6.45, 7) is 3.37. The maximum absolute atomic E-state index is 5.23. The lowest BCUT2D eigenvalue weighted by atomic mass is 9.89. The predicted molar refractivity (Wildman–Crippen MR) is 84.5 cm³/mol. The van der Waals surface area contributed by atoms with E-state index in [0.717, 1.165) is 12.3 Å². The van der Waals surface area contributed by atoms with Crippen LogP contribution < -0.4 is 4.74 Å². The van der Waals surface area contributed by atoms with Crippen LogP contribution in [0.2, 0.25) is 0 Å². The van der Waals surface area contributed by atoms with Crippen molar-refractivity contribution in [2.75, 3.05) is 20.2 Å². The first-order chi connectivity index (χ1) is 10.3. The number of benzene rings is 1. The van der Waals surface area contributed by atoms with Crippen LogP contribution in [-0.4, -0.2) is 30.1 Å². The Morgan fingerprint density at radius 2 is 1.71 bits per heavy atom. The van der Waals surface area contributed by atoms with Crippen molar-refractivity contribution < 1.29 is 4.74 Å². The monoisotopic (exact) mass is 282 g/mol. The van der Waals surface area contributed by atoms with Crippen molar-refractivity contribution in [1.82, 2.24) is 9.88 Å². The van der Waals surface area contributed by atoms with E-state index in [4.69, 9.17) is 4.74 Å². The summed E-state index contributed by atoms with van der Waals surface area (Å²) in [4.78, 5) is 6.61. The van der Waals surface area contributed by atoms with Crippen molar-refractivity contribution in [2.24, 2.45) is 0 Å². The Bertz CT molecular complexity index is 545. The number of aromatic nitrogens is 1. The predicted octanol–water partition coefficient (Wildman–Crippen LogP) is 3.47. The molecule has 0 radical (unpaired) electrons. The van der Waals surface area contributed by atoms with E-state index < -0.39 is 0 Å². The molecule has 3 nitrogen and oxygen atoms in total. The van der Waals surface area contributed by atoms with Gasteiger partial charge in [0.05, 0.1) is 7.11 Å². The summed E-state index contributed by atoms with van der Waals surface area (Å²) in [5.74, 6) is 1.62. The number of nitrogens with zero attached hydrogens (tertiary/aromatic N) is 2. The normalized spacial score (nSPS) is 16.8. The number of piperidine rings is 1. The summed E-state index contributed by atoms with van der Waals surface area (Å²) in [7, 11) is 1.71. The molecule has 0 N–H and O–H groups in total. The highest BCUT2D eigenvalue weighted by molar-refractivity contribution is 5.29. The van der Waals surface area contributed by atoms with E-state index in [1.807, 2.05) is 12.4 Å². The molecule has 3 heteroatoms. The molecule has 21 heavy (non-hydrogen) atoms. The van der Waals surface area contributed by atoms with E-state index in [9.17, 15) is 0 Å². The van der Waals surface area contributed by atoms with Crippen LogP contribution in [0, 0.1) is 0 Å². The first kappa shape index (κ1) is 14.1. The van der Waals surface area contributed by atoms with Gasteiger partial charge in [0.15, 0.2) is 0 Å². The molecule has 0 bridgehead atoms. The van der Waals surface area contributed by atoms with Crippen molar-refractivity contribution in [3.8, 4) is 5.75 Å². The summed E-state index contributed by atoms with van der Waals surface area (Å²) in [6, 6.07) is 12.8. The van der Waals surface area contributed by atoms with Crippen LogP contribution in [0.5, 0.6) is 5.75 Å². The summed E-state index contributed by atoms with van der Waals surface area (Å²) < 4.78 is 5.23. The fraction of sp³-hybridized carbons (Fsp3) is 0.389. The maximum atomic E-state index is 5.23. The second-order valence-corrected chi connectivity index (χ2v) is 5.68. The average molecular weight is 282 g/mol. The Morgan fingerprint density at radius 3 is 2.33 bits per heavy atom. The summed E-state index contributed by atoms with van der Waals surface area (Å²) in [5, 5.41) is 0. The van der Waals surface area contributed by atoms with Gasteiger partial charge in [0, 0.05) is 18.9 Å². The van der Waals surface area contributed by atoms with Gasteiger partial charge in [-0.05, 0) is 67.2 Å². The largest absolute Gasteiger partial charge is 0.497 e. The molecule has 1 aliphatic heterocycles. The molecule has 0 unspecified atom stereocenters. The number of hydrogen-bond acceptors (Lipinski definition) is 3. The average Bonchev–Trinajstić information content (AvgIpc) is 2.57. The number of methoxy groups -OCH3 is 1. The molecule has 1 aliphatic rings. The van der Waals surface area contributed by atoms with Gasteiger partial charge in [-0.15, -0.1) is 0 Å². The van der Waals surface area contributed by atoms with Crippen molar-refractivity contribution in [1.29, 1.82) is 0 Å². The first-order valence-corrected chi connectivity index (χ1v) is 7.60. The third-order valence-electron chi connectivity index (χ3n) is 4.33. The SMILES string of the molecule is COc1ccc(C2CCN(Cc3ccncc3)CC2)cc1. The smallest absolute Gasteiger partial charge is 0.118 e. The number of rotatable bonds is 4. The lowest BCUT2D eigenvalue weighted by Gasteiger charge is -2.32. The summed E-state index contributed by atoms with van der Waals surface area (Å²) in [5.41, 5.74) is 2.80. The zero-order valence-electron chi connectivity index (χ0n) is 12.5. The summed E-state index contributed by atoms with van der Waals surface area (Å²) >= 11 is 0. The lowest BCUT2D eigenvalue weighted by Crippen LogP contribution is -2.32. The van der Waals surface area contributed by atoms with Crippen molar-refractivity contribution in [3.63, 3.8) is 0 Å². The molecular weight excluding hydrogens is 260 g/mol. The molecule has 3 rings (SSSR count). The summed E-state index contributed by atoms with van der Waals surface area (Å²) in [6.07, 6.45) is 6.22. The van der Waals surface area contributed by atoms with E-state index in [0.29, 0.717) is 5.92 Å². The van der Waals surface area contributed by atoms with Gasteiger partial charge in [0.2, 0.25) is 0 Å². The molecule has 1 aromatic carbocycles. The van der Waals surface area contributed by atoms with E-state index >= 15 is 0 Å². The third kappa shape index (κ3) is 3.61. The molecule has 0 aliphatic carbocycles. The minimum Gasteiger partial charge on any atom is -0.497 e. The molecule has 0 atom stereocenters. The molecule has 0 amide bonds. The van der Waals surface area contributed by atoms with Gasteiger partial charge >= 0.3 is 0 Å². The zero-order valence-corrected chi connectivity index (χ0v) is 12.5. The van der Waals surface area contributed by atoms with Gasteiger partial charge < -0.3 is 4.74 Å². The quantitative estimate of drug-likeness (QED) is 0.858. The van der Waals surface area contributed by atoms with Crippen molar-refractivity contribution in [3.05, 3.63) is 59.9 Å². The van der Waals surface area contributed by atoms with Crippen LogP contribution in [0.25, 0.3) is 0 Å². The Balaban J connectivity index is 1.54. The first-order valence-electron chi connectivity index (χ1n) is 7.60. The molecule has 1 saturated heterocycles. The second kappa shape index (κ2) is 6.72. The Kier molecular flexibility index (Phi) is 4.51. The Morgan fingerprint density at radius 1 is 1.05 bits per heavy atom. The highest BCUT2D eigenvalue weighted by Gasteiger charge is 2.20. The minimum absolute atomic E-state index is 0.685. The number of hydrogen-bond donors (Lipinski definition) is 0. The van der Waals surface area contributed by atoms with E-state index in [-0.39, 0.29) is 0 Å². The van der Waals surface area contributed by atoms with Crippen LogP contribution in [0.4, 0.5) is 0 Å². The van der Waals surface area contributed by atoms with Crippen LogP contribution in [0.1, 0.15) is 29.9 Å². The van der Waals surface area contributed by atoms with E-state index in [1.54, 1.807) is 7.11 Å². The molecule has 1 aromatic heterocycles. The topological polar surface area (TPSA) is 25.4 Å². The fourth-order valence-electron chi connectivity index (χ4n) is 3.05. The fourth-order valence-corrected chi connectivity index (χ4v) is 3.05. The number of ether oxygens (including phenoxy) is 1.